The molecule has 4 amide bonds. The van der Waals surface area contributed by atoms with Gasteiger partial charge in [0.05, 0.1) is 6.54 Å². The fraction of sp³-hybridized carbons (Fsp3) is 0.375. The number of amides is 4. The Balaban J connectivity index is 2.19. The molecule has 84 valence electrons. The van der Waals surface area contributed by atoms with Crippen LogP contribution in [0.1, 0.15) is 12.7 Å². The summed E-state index contributed by atoms with van der Waals surface area (Å²) in [6.07, 6.45) is 1.50. The van der Waals surface area contributed by atoms with Crippen LogP contribution in [-0.2, 0) is 22.7 Å². The molecule has 1 saturated heterocycles. The van der Waals surface area contributed by atoms with Crippen LogP contribution in [0.15, 0.2) is 6.33 Å². The minimum Gasteiger partial charge on any atom is -0.316 e. The van der Waals surface area contributed by atoms with E-state index in [0.29, 0.717) is 12.4 Å². The second-order valence-corrected chi connectivity index (χ2v) is 3.18. The van der Waals surface area contributed by atoms with Crippen LogP contribution in [0, 0.1) is 0 Å². The highest BCUT2D eigenvalue weighted by molar-refractivity contribution is 6.44. The first-order valence-corrected chi connectivity index (χ1v) is 4.67. The molecule has 8 heteroatoms. The zero-order valence-corrected chi connectivity index (χ0v) is 8.51. The first-order chi connectivity index (χ1) is 7.63. The maximum atomic E-state index is 11.3. The Labute approximate surface area is 90.2 Å². The predicted octanol–water partition coefficient (Wildman–Crippen LogP) is -1.12. The van der Waals surface area contributed by atoms with E-state index in [0.717, 1.165) is 4.90 Å². The van der Waals surface area contributed by atoms with Crippen molar-refractivity contribution in [2.75, 3.05) is 0 Å². The van der Waals surface area contributed by atoms with Gasteiger partial charge in [-0.25, -0.2) is 9.69 Å². The van der Waals surface area contributed by atoms with Gasteiger partial charge < -0.3 is 4.57 Å². The van der Waals surface area contributed by atoms with E-state index in [4.69, 9.17) is 0 Å². The first-order valence-electron chi connectivity index (χ1n) is 4.67. The number of nitrogens with zero attached hydrogens (tertiary/aromatic N) is 4. The topological polar surface area (TPSA) is 97.2 Å². The number of aromatic nitrogens is 3. The number of carbonyl (C=O) groups is 3. The third-order valence-electron chi connectivity index (χ3n) is 2.24. The van der Waals surface area contributed by atoms with Crippen LogP contribution in [0.25, 0.3) is 0 Å². The molecule has 16 heavy (non-hydrogen) atoms. The quantitative estimate of drug-likeness (QED) is 0.517. The first kappa shape index (κ1) is 10.3. The summed E-state index contributed by atoms with van der Waals surface area (Å²) in [6, 6.07) is -0.722. The molecule has 1 fully saturated rings. The fourth-order valence-corrected chi connectivity index (χ4v) is 1.38. The van der Waals surface area contributed by atoms with Crippen LogP contribution >= 0.6 is 0 Å². The Kier molecular flexibility index (Phi) is 2.39. The normalized spacial score (nSPS) is 15.8. The Hall–Kier alpha value is -2.25. The minimum absolute atomic E-state index is 0.0513. The van der Waals surface area contributed by atoms with E-state index in [1.165, 1.54) is 6.33 Å². The molecule has 1 aromatic heterocycles. The van der Waals surface area contributed by atoms with Gasteiger partial charge >= 0.3 is 17.8 Å². The monoisotopic (exact) mass is 223 g/mol. The Bertz CT molecular complexity index is 466. The smallest absolute Gasteiger partial charge is 0.316 e. The van der Waals surface area contributed by atoms with E-state index >= 15 is 0 Å². The molecule has 2 rings (SSSR count). The van der Waals surface area contributed by atoms with Gasteiger partial charge in [-0.05, 0) is 6.92 Å². The maximum Gasteiger partial charge on any atom is 0.331 e. The number of urea groups is 1. The lowest BCUT2D eigenvalue weighted by atomic mass is 10.4. The Morgan fingerprint density at radius 2 is 2.12 bits per heavy atom. The van der Waals surface area contributed by atoms with Crippen molar-refractivity contribution in [1.29, 1.82) is 0 Å². The summed E-state index contributed by atoms with van der Waals surface area (Å²) in [7, 11) is 0. The van der Waals surface area contributed by atoms with Gasteiger partial charge in [-0.2, -0.15) is 0 Å². The molecule has 1 aliphatic heterocycles. The second kappa shape index (κ2) is 3.72. The van der Waals surface area contributed by atoms with E-state index in [1.54, 1.807) is 4.57 Å². The molecule has 1 aromatic rings. The van der Waals surface area contributed by atoms with Crippen LogP contribution in [-0.4, -0.2) is 37.5 Å². The average Bonchev–Trinajstić information content (AvgIpc) is 2.79. The van der Waals surface area contributed by atoms with Crippen LogP contribution in [0.5, 0.6) is 0 Å². The van der Waals surface area contributed by atoms with Crippen molar-refractivity contribution in [3.8, 4) is 0 Å². The molecule has 0 radical (unpaired) electrons. The molecule has 1 N–H and O–H groups in total. The SMILES string of the molecule is CCn1cnnc1CN1C(=O)NC(=O)C1=O. The van der Waals surface area contributed by atoms with Gasteiger partial charge in [0.15, 0.2) is 5.82 Å². The molecule has 1 aliphatic rings. The van der Waals surface area contributed by atoms with Gasteiger partial charge in [0.1, 0.15) is 6.33 Å². The van der Waals surface area contributed by atoms with Crippen molar-refractivity contribution in [3.05, 3.63) is 12.2 Å². The fourth-order valence-electron chi connectivity index (χ4n) is 1.38. The zero-order chi connectivity index (χ0) is 11.7. The molecule has 0 aromatic carbocycles. The molecule has 2 heterocycles. The molecule has 0 aliphatic carbocycles. The van der Waals surface area contributed by atoms with Crippen LogP contribution in [0.4, 0.5) is 4.79 Å². The number of nitrogens with one attached hydrogen (secondary N) is 1. The average molecular weight is 223 g/mol. The number of carbonyl (C=O) groups excluding carboxylic acids is 3. The summed E-state index contributed by atoms with van der Waals surface area (Å²) in [5.41, 5.74) is 0. The van der Waals surface area contributed by atoms with Crippen molar-refractivity contribution < 1.29 is 14.4 Å². The van der Waals surface area contributed by atoms with E-state index in [9.17, 15) is 14.4 Å². The molecular weight excluding hydrogens is 214 g/mol. The number of hydrogen-bond donors (Lipinski definition) is 1. The lowest BCUT2D eigenvalue weighted by molar-refractivity contribution is -0.140. The molecule has 0 saturated carbocycles. The van der Waals surface area contributed by atoms with Crippen molar-refractivity contribution >= 4 is 17.8 Å². The van der Waals surface area contributed by atoms with Gasteiger partial charge in [0.25, 0.3) is 0 Å². The standard InChI is InChI=1S/C8H9N5O3/c1-2-12-4-9-11-5(12)3-13-7(15)6(14)10-8(13)16/h4H,2-3H2,1H3,(H,10,14,16). The van der Waals surface area contributed by atoms with Crippen LogP contribution in [0.3, 0.4) is 0 Å². The third-order valence-corrected chi connectivity index (χ3v) is 2.24. The highest BCUT2D eigenvalue weighted by atomic mass is 16.2. The molecule has 0 spiro atoms. The maximum absolute atomic E-state index is 11.3. The molecule has 0 bridgehead atoms. The lowest BCUT2D eigenvalue weighted by Gasteiger charge is -2.10. The number of aryl methyl sites for hydroxylation is 1. The van der Waals surface area contributed by atoms with Crippen LogP contribution in [0.2, 0.25) is 0 Å². The summed E-state index contributed by atoms with van der Waals surface area (Å²) in [4.78, 5) is 34.2. The summed E-state index contributed by atoms with van der Waals surface area (Å²) < 4.78 is 1.68. The van der Waals surface area contributed by atoms with E-state index in [-0.39, 0.29) is 6.54 Å². The summed E-state index contributed by atoms with van der Waals surface area (Å²) in [5, 5.41) is 9.34. The Morgan fingerprint density at radius 1 is 1.38 bits per heavy atom. The third kappa shape index (κ3) is 1.53. The largest absolute Gasteiger partial charge is 0.331 e. The van der Waals surface area contributed by atoms with Gasteiger partial charge in [-0.3, -0.25) is 14.9 Å². The van der Waals surface area contributed by atoms with E-state index < -0.39 is 17.8 Å². The summed E-state index contributed by atoms with van der Waals surface area (Å²) in [5.74, 6) is -1.32. The van der Waals surface area contributed by atoms with E-state index in [2.05, 4.69) is 10.2 Å². The van der Waals surface area contributed by atoms with Crippen molar-refractivity contribution in [3.63, 3.8) is 0 Å². The Morgan fingerprint density at radius 3 is 2.69 bits per heavy atom. The number of imide groups is 2. The molecular formula is C8H9N5O3. The molecule has 0 unspecified atom stereocenters. The lowest BCUT2D eigenvalue weighted by Crippen LogP contribution is -2.31. The van der Waals surface area contributed by atoms with Gasteiger partial charge in [0.2, 0.25) is 0 Å². The predicted molar refractivity (Wildman–Crippen MR) is 49.8 cm³/mol. The van der Waals surface area contributed by atoms with Crippen molar-refractivity contribution in [2.45, 2.75) is 20.0 Å². The van der Waals surface area contributed by atoms with Gasteiger partial charge in [-0.15, -0.1) is 10.2 Å². The van der Waals surface area contributed by atoms with E-state index in [1.807, 2.05) is 12.2 Å². The van der Waals surface area contributed by atoms with Crippen LogP contribution < -0.4 is 5.32 Å². The van der Waals surface area contributed by atoms with Gasteiger partial charge in [-0.1, -0.05) is 0 Å². The summed E-state index contributed by atoms with van der Waals surface area (Å²) in [6.45, 7) is 2.45. The highest BCUT2D eigenvalue weighted by Crippen LogP contribution is 2.06. The second-order valence-electron chi connectivity index (χ2n) is 3.18. The number of rotatable bonds is 3. The number of hydrogen-bond acceptors (Lipinski definition) is 5. The van der Waals surface area contributed by atoms with Gasteiger partial charge in [0, 0.05) is 6.54 Å². The minimum atomic E-state index is -0.910. The van der Waals surface area contributed by atoms with Crippen molar-refractivity contribution in [1.82, 2.24) is 25.0 Å². The summed E-state index contributed by atoms with van der Waals surface area (Å²) >= 11 is 0. The molecule has 8 nitrogen and oxygen atoms in total. The highest BCUT2D eigenvalue weighted by Gasteiger charge is 2.37. The molecule has 0 atom stereocenters. The van der Waals surface area contributed by atoms with Crippen molar-refractivity contribution in [2.24, 2.45) is 0 Å². The zero-order valence-electron chi connectivity index (χ0n) is 8.51.